The normalized spacial score (nSPS) is 19.4. The summed E-state index contributed by atoms with van der Waals surface area (Å²) in [7, 11) is 0. The van der Waals surface area contributed by atoms with Gasteiger partial charge < -0.3 is 15.4 Å². The number of hydrogen-bond acceptors (Lipinski definition) is 6. The Bertz CT molecular complexity index is 830. The summed E-state index contributed by atoms with van der Waals surface area (Å²) in [4.78, 5) is 21.5. The van der Waals surface area contributed by atoms with Crippen LogP contribution in [0, 0.1) is 5.92 Å². The molecule has 4 rings (SSSR count). The van der Waals surface area contributed by atoms with E-state index in [1.54, 1.807) is 17.5 Å². The molecular formula is C21H27BrN4O2S. The van der Waals surface area contributed by atoms with E-state index in [9.17, 15) is 4.79 Å². The van der Waals surface area contributed by atoms with E-state index in [4.69, 9.17) is 10.5 Å². The summed E-state index contributed by atoms with van der Waals surface area (Å²) in [6.45, 7) is 4.35. The summed E-state index contributed by atoms with van der Waals surface area (Å²) in [5.41, 5.74) is 6.95. The first-order chi connectivity index (χ1) is 14.1. The summed E-state index contributed by atoms with van der Waals surface area (Å²) < 4.78 is 7.10. The fourth-order valence-electron chi connectivity index (χ4n) is 4.17. The topological polar surface area (TPSA) is 71.7 Å². The van der Waals surface area contributed by atoms with Crippen molar-refractivity contribution in [2.24, 2.45) is 5.92 Å². The number of aromatic nitrogens is 1. The highest BCUT2D eigenvalue weighted by Crippen LogP contribution is 2.31. The average Bonchev–Trinajstić information content (AvgIpc) is 3.13. The van der Waals surface area contributed by atoms with E-state index >= 15 is 0 Å². The molecule has 0 atom stereocenters. The SMILES string of the molecule is Nc1cc(CN2CCC(C(=O)N3CCC(Oc4cscc4Br)CC3)CC2)ccn1. The molecule has 0 aliphatic carbocycles. The van der Waals surface area contributed by atoms with Crippen LogP contribution in [0.25, 0.3) is 0 Å². The number of amides is 1. The van der Waals surface area contributed by atoms with E-state index in [1.807, 2.05) is 27.8 Å². The lowest BCUT2D eigenvalue weighted by Crippen LogP contribution is -2.46. The number of ether oxygens (including phenoxy) is 1. The van der Waals surface area contributed by atoms with E-state index in [0.29, 0.717) is 11.7 Å². The number of pyridine rings is 1. The Morgan fingerprint density at radius 3 is 2.62 bits per heavy atom. The summed E-state index contributed by atoms with van der Waals surface area (Å²) in [5.74, 6) is 1.96. The maximum Gasteiger partial charge on any atom is 0.225 e. The summed E-state index contributed by atoms with van der Waals surface area (Å²) in [5, 5.41) is 4.06. The van der Waals surface area contributed by atoms with E-state index in [-0.39, 0.29) is 12.0 Å². The van der Waals surface area contributed by atoms with Crippen molar-refractivity contribution in [3.05, 3.63) is 39.1 Å². The number of halogens is 1. The molecule has 0 radical (unpaired) electrons. The fourth-order valence-corrected chi connectivity index (χ4v) is 5.47. The van der Waals surface area contributed by atoms with Crippen molar-refractivity contribution in [2.75, 3.05) is 31.9 Å². The van der Waals surface area contributed by atoms with Crippen molar-refractivity contribution in [1.29, 1.82) is 0 Å². The number of nitrogens with two attached hydrogens (primary N) is 1. The van der Waals surface area contributed by atoms with Crippen LogP contribution in [0.2, 0.25) is 0 Å². The molecule has 2 N–H and O–H groups in total. The second-order valence-electron chi connectivity index (χ2n) is 7.87. The van der Waals surface area contributed by atoms with Crippen molar-refractivity contribution in [2.45, 2.75) is 38.3 Å². The van der Waals surface area contributed by atoms with Crippen molar-refractivity contribution in [1.82, 2.24) is 14.8 Å². The Morgan fingerprint density at radius 1 is 1.21 bits per heavy atom. The van der Waals surface area contributed by atoms with Gasteiger partial charge in [-0.25, -0.2) is 4.98 Å². The van der Waals surface area contributed by atoms with Crippen LogP contribution < -0.4 is 10.5 Å². The Balaban J connectivity index is 1.21. The lowest BCUT2D eigenvalue weighted by atomic mass is 9.94. The Kier molecular flexibility index (Phi) is 6.72. The minimum Gasteiger partial charge on any atom is -0.488 e. The molecule has 0 aromatic carbocycles. The molecule has 2 aromatic rings. The highest BCUT2D eigenvalue weighted by molar-refractivity contribution is 9.10. The number of nitrogens with zero attached hydrogens (tertiary/aromatic N) is 3. The van der Waals surface area contributed by atoms with Crippen LogP contribution in [0.4, 0.5) is 5.82 Å². The van der Waals surface area contributed by atoms with Crippen LogP contribution in [0.15, 0.2) is 33.6 Å². The summed E-state index contributed by atoms with van der Waals surface area (Å²) >= 11 is 5.15. The zero-order valence-electron chi connectivity index (χ0n) is 16.4. The summed E-state index contributed by atoms with van der Waals surface area (Å²) in [6.07, 6.45) is 5.60. The smallest absolute Gasteiger partial charge is 0.225 e. The van der Waals surface area contributed by atoms with E-state index in [2.05, 4.69) is 25.8 Å². The average molecular weight is 479 g/mol. The molecule has 6 nitrogen and oxygen atoms in total. The molecule has 2 fully saturated rings. The van der Waals surface area contributed by atoms with Crippen LogP contribution in [0.1, 0.15) is 31.2 Å². The van der Waals surface area contributed by atoms with Crippen LogP contribution in [-0.4, -0.2) is 53.0 Å². The summed E-state index contributed by atoms with van der Waals surface area (Å²) in [6, 6.07) is 3.94. The number of carbonyl (C=O) groups is 1. The number of nitrogen functional groups attached to an aromatic ring is 1. The van der Waals surface area contributed by atoms with Gasteiger partial charge in [-0.2, -0.15) is 0 Å². The molecule has 0 unspecified atom stereocenters. The van der Waals surface area contributed by atoms with Gasteiger partial charge in [0.05, 0.1) is 4.47 Å². The van der Waals surface area contributed by atoms with Crippen LogP contribution >= 0.6 is 27.3 Å². The number of piperidine rings is 2. The maximum atomic E-state index is 13.0. The molecule has 0 bridgehead atoms. The van der Waals surface area contributed by atoms with Crippen LogP contribution in [0.5, 0.6) is 5.75 Å². The molecule has 0 spiro atoms. The number of likely N-dealkylation sites (tertiary alicyclic amines) is 2. The number of thiophene rings is 1. The van der Waals surface area contributed by atoms with Crippen molar-refractivity contribution < 1.29 is 9.53 Å². The molecule has 4 heterocycles. The zero-order chi connectivity index (χ0) is 20.2. The van der Waals surface area contributed by atoms with Gasteiger partial charge in [-0.3, -0.25) is 9.69 Å². The van der Waals surface area contributed by atoms with E-state index < -0.39 is 0 Å². The van der Waals surface area contributed by atoms with Crippen molar-refractivity contribution in [3.8, 4) is 5.75 Å². The second kappa shape index (κ2) is 9.45. The highest BCUT2D eigenvalue weighted by Gasteiger charge is 2.31. The molecule has 2 aromatic heterocycles. The van der Waals surface area contributed by atoms with Gasteiger partial charge >= 0.3 is 0 Å². The van der Waals surface area contributed by atoms with Crippen LogP contribution in [-0.2, 0) is 11.3 Å². The lowest BCUT2D eigenvalue weighted by molar-refractivity contribution is -0.139. The predicted octanol–water partition coefficient (Wildman–Crippen LogP) is 3.77. The quantitative estimate of drug-likeness (QED) is 0.707. The first-order valence-electron chi connectivity index (χ1n) is 10.2. The maximum absolute atomic E-state index is 13.0. The van der Waals surface area contributed by atoms with E-state index in [0.717, 1.165) is 68.6 Å². The molecule has 156 valence electrons. The molecule has 8 heteroatoms. The Morgan fingerprint density at radius 2 is 1.97 bits per heavy atom. The number of hydrogen-bond donors (Lipinski definition) is 1. The van der Waals surface area contributed by atoms with Gasteiger partial charge in [0.15, 0.2) is 0 Å². The monoisotopic (exact) mass is 478 g/mol. The number of carbonyl (C=O) groups excluding carboxylic acids is 1. The first kappa shape index (κ1) is 20.6. The third-order valence-electron chi connectivity index (χ3n) is 5.82. The van der Waals surface area contributed by atoms with Crippen molar-refractivity contribution >= 4 is 39.0 Å². The second-order valence-corrected chi connectivity index (χ2v) is 9.46. The number of rotatable bonds is 5. The standard InChI is InChI=1S/C21H27BrN4O2S/c22-18-13-29-14-19(18)28-17-4-9-26(10-5-17)21(27)16-2-7-25(8-3-16)12-15-1-6-24-20(23)11-15/h1,6,11,13-14,16-17H,2-5,7-10,12H2,(H2,23,24). The molecule has 2 aliphatic heterocycles. The van der Waals surface area contributed by atoms with Gasteiger partial charge in [-0.15, -0.1) is 11.3 Å². The molecule has 1 amide bonds. The van der Waals surface area contributed by atoms with Crippen molar-refractivity contribution in [3.63, 3.8) is 0 Å². The molecule has 2 aliphatic rings. The third-order valence-corrected chi connectivity index (χ3v) is 7.46. The highest BCUT2D eigenvalue weighted by atomic mass is 79.9. The lowest BCUT2D eigenvalue weighted by Gasteiger charge is -2.37. The van der Waals surface area contributed by atoms with Gasteiger partial charge in [-0.05, 0) is 59.6 Å². The Labute approximate surface area is 184 Å². The van der Waals surface area contributed by atoms with E-state index in [1.165, 1.54) is 5.56 Å². The first-order valence-corrected chi connectivity index (χ1v) is 11.9. The minimum atomic E-state index is 0.150. The van der Waals surface area contributed by atoms with Crippen LogP contribution in [0.3, 0.4) is 0 Å². The van der Waals surface area contributed by atoms with Gasteiger partial charge in [0.25, 0.3) is 0 Å². The molecule has 2 saturated heterocycles. The Hall–Kier alpha value is -1.64. The third kappa shape index (κ3) is 5.29. The predicted molar refractivity (Wildman–Crippen MR) is 119 cm³/mol. The van der Waals surface area contributed by atoms with Gasteiger partial charge in [-0.1, -0.05) is 0 Å². The van der Waals surface area contributed by atoms with Gasteiger partial charge in [0.1, 0.15) is 17.7 Å². The fraction of sp³-hybridized carbons (Fsp3) is 0.524. The largest absolute Gasteiger partial charge is 0.488 e. The molecule has 29 heavy (non-hydrogen) atoms. The minimum absolute atomic E-state index is 0.150. The van der Waals surface area contributed by atoms with Gasteiger partial charge in [0, 0.05) is 55.4 Å². The molecular weight excluding hydrogens is 452 g/mol. The molecule has 0 saturated carbocycles. The number of anilines is 1. The van der Waals surface area contributed by atoms with Gasteiger partial charge in [0.2, 0.25) is 5.91 Å². The zero-order valence-corrected chi connectivity index (χ0v) is 18.8.